The summed E-state index contributed by atoms with van der Waals surface area (Å²) in [6.45, 7) is 2.96. The van der Waals surface area contributed by atoms with Gasteiger partial charge in [-0.05, 0) is 40.2 Å². The summed E-state index contributed by atoms with van der Waals surface area (Å²) in [6.07, 6.45) is 2.67. The minimum atomic E-state index is 0.0572. The van der Waals surface area contributed by atoms with E-state index in [1.54, 1.807) is 6.26 Å². The summed E-state index contributed by atoms with van der Waals surface area (Å²) in [4.78, 5) is 0. The minimum absolute atomic E-state index is 0.0572. The van der Waals surface area contributed by atoms with Gasteiger partial charge in [-0.25, -0.2) is 0 Å². The molecule has 0 saturated heterocycles. The van der Waals surface area contributed by atoms with Gasteiger partial charge in [-0.2, -0.15) is 0 Å². The summed E-state index contributed by atoms with van der Waals surface area (Å²) in [7, 11) is 0. The minimum Gasteiger partial charge on any atom is -0.488 e. The maximum Gasteiger partial charge on any atom is 0.138 e. The van der Waals surface area contributed by atoms with Crippen LogP contribution in [0.25, 0.3) is 0 Å². The zero-order valence-electron chi connectivity index (χ0n) is 10.7. The van der Waals surface area contributed by atoms with Crippen LogP contribution in [-0.2, 0) is 6.42 Å². The Bertz CT molecular complexity index is 542. The molecule has 2 unspecified atom stereocenters. The van der Waals surface area contributed by atoms with Gasteiger partial charge in [0.15, 0.2) is 0 Å². The molecule has 2 atom stereocenters. The molecule has 0 amide bonds. The zero-order valence-corrected chi connectivity index (χ0v) is 12.3. The van der Waals surface area contributed by atoms with E-state index in [0.29, 0.717) is 0 Å². The van der Waals surface area contributed by atoms with Crippen LogP contribution in [0.5, 0.6) is 5.75 Å². The Labute approximate surface area is 121 Å². The number of hydrogen-bond donors (Lipinski definition) is 1. The number of furan rings is 1. The van der Waals surface area contributed by atoms with Gasteiger partial charge in [0.1, 0.15) is 23.7 Å². The van der Waals surface area contributed by atoms with Crippen molar-refractivity contribution >= 4 is 15.9 Å². The molecule has 3 nitrogen and oxygen atoms in total. The Hall–Kier alpha value is -1.26. The van der Waals surface area contributed by atoms with E-state index in [1.807, 2.05) is 18.2 Å². The van der Waals surface area contributed by atoms with Crippen LogP contribution in [0, 0.1) is 0 Å². The van der Waals surface area contributed by atoms with E-state index in [9.17, 15) is 0 Å². The van der Waals surface area contributed by atoms with Gasteiger partial charge in [-0.1, -0.05) is 25.1 Å². The van der Waals surface area contributed by atoms with E-state index in [-0.39, 0.29) is 12.1 Å². The molecular weight excluding hydrogens is 306 g/mol. The molecule has 1 aliphatic rings. The molecule has 0 spiro atoms. The monoisotopic (exact) mass is 321 g/mol. The second kappa shape index (κ2) is 5.39. The summed E-state index contributed by atoms with van der Waals surface area (Å²) >= 11 is 3.53. The Morgan fingerprint density at radius 1 is 1.37 bits per heavy atom. The Balaban J connectivity index is 1.86. The van der Waals surface area contributed by atoms with E-state index in [2.05, 4.69) is 40.3 Å². The van der Waals surface area contributed by atoms with Gasteiger partial charge < -0.3 is 14.5 Å². The lowest BCUT2D eigenvalue weighted by molar-refractivity contribution is 0.165. The highest BCUT2D eigenvalue weighted by Gasteiger charge is 2.33. The molecule has 0 aliphatic carbocycles. The fourth-order valence-electron chi connectivity index (χ4n) is 2.54. The van der Waals surface area contributed by atoms with Crippen molar-refractivity contribution in [3.63, 3.8) is 0 Å². The number of nitrogens with one attached hydrogen (secondary N) is 1. The first kappa shape index (κ1) is 12.8. The van der Waals surface area contributed by atoms with Crippen LogP contribution in [0.2, 0.25) is 0 Å². The number of hydrogen-bond acceptors (Lipinski definition) is 3. The predicted molar refractivity (Wildman–Crippen MR) is 77.4 cm³/mol. The number of benzene rings is 1. The van der Waals surface area contributed by atoms with Crippen molar-refractivity contribution in [1.82, 2.24) is 5.32 Å². The second-order valence-corrected chi connectivity index (χ2v) is 5.49. The molecule has 1 N–H and O–H groups in total. The maximum atomic E-state index is 6.06. The first-order valence-electron chi connectivity index (χ1n) is 6.50. The summed E-state index contributed by atoms with van der Waals surface area (Å²) in [6, 6.07) is 10.2. The van der Waals surface area contributed by atoms with E-state index in [4.69, 9.17) is 9.15 Å². The van der Waals surface area contributed by atoms with Gasteiger partial charge in [-0.15, -0.1) is 0 Å². The van der Waals surface area contributed by atoms with Crippen LogP contribution < -0.4 is 10.1 Å². The molecule has 19 heavy (non-hydrogen) atoms. The van der Waals surface area contributed by atoms with Crippen LogP contribution in [0.15, 0.2) is 45.5 Å². The smallest absolute Gasteiger partial charge is 0.138 e. The molecule has 3 rings (SSSR count). The third-order valence-electron chi connectivity index (χ3n) is 3.40. The molecule has 100 valence electrons. The third kappa shape index (κ3) is 2.42. The van der Waals surface area contributed by atoms with Crippen molar-refractivity contribution in [3.05, 3.63) is 52.4 Å². The normalized spacial score (nSPS) is 18.9. The van der Waals surface area contributed by atoms with Crippen molar-refractivity contribution in [2.75, 3.05) is 6.54 Å². The lowest BCUT2D eigenvalue weighted by Crippen LogP contribution is -2.34. The summed E-state index contributed by atoms with van der Waals surface area (Å²) < 4.78 is 12.6. The Kier molecular flexibility index (Phi) is 3.62. The zero-order chi connectivity index (χ0) is 13.2. The van der Waals surface area contributed by atoms with Crippen molar-refractivity contribution in [2.45, 2.75) is 25.5 Å². The van der Waals surface area contributed by atoms with Crippen LogP contribution >= 0.6 is 15.9 Å². The van der Waals surface area contributed by atoms with Crippen LogP contribution in [0.4, 0.5) is 0 Å². The third-order valence-corrected chi connectivity index (χ3v) is 4.05. The van der Waals surface area contributed by atoms with Crippen LogP contribution in [0.1, 0.15) is 24.3 Å². The molecule has 1 aliphatic heterocycles. The van der Waals surface area contributed by atoms with E-state index in [1.165, 1.54) is 5.56 Å². The number of ether oxygens (including phenoxy) is 1. The van der Waals surface area contributed by atoms with Crippen molar-refractivity contribution in [2.24, 2.45) is 0 Å². The highest BCUT2D eigenvalue weighted by Crippen LogP contribution is 2.36. The molecule has 1 aromatic heterocycles. The molecule has 1 aromatic carbocycles. The van der Waals surface area contributed by atoms with E-state index in [0.717, 1.165) is 28.9 Å². The van der Waals surface area contributed by atoms with Crippen molar-refractivity contribution < 1.29 is 9.15 Å². The molecule has 0 fully saturated rings. The number of likely N-dealkylation sites (N-methyl/N-ethyl adjacent to an activating group) is 1. The number of halogens is 1. The molecule has 2 heterocycles. The topological polar surface area (TPSA) is 34.4 Å². The number of rotatable bonds is 4. The van der Waals surface area contributed by atoms with Crippen molar-refractivity contribution in [1.29, 1.82) is 0 Å². The highest BCUT2D eigenvalue weighted by molar-refractivity contribution is 9.10. The fourth-order valence-corrected chi connectivity index (χ4v) is 2.98. The lowest BCUT2D eigenvalue weighted by atomic mass is 10.0. The summed E-state index contributed by atoms with van der Waals surface area (Å²) in [5.41, 5.74) is 1.26. The van der Waals surface area contributed by atoms with Gasteiger partial charge in [0, 0.05) is 6.42 Å². The van der Waals surface area contributed by atoms with Crippen LogP contribution in [0.3, 0.4) is 0 Å². The van der Waals surface area contributed by atoms with Gasteiger partial charge in [0.05, 0.1) is 10.7 Å². The SMILES string of the molecule is CCNC(c1occc1Br)C1Cc2ccccc2O1. The van der Waals surface area contributed by atoms with Crippen molar-refractivity contribution in [3.8, 4) is 5.75 Å². The fraction of sp³-hybridized carbons (Fsp3) is 0.333. The van der Waals surface area contributed by atoms with Gasteiger partial charge in [0.25, 0.3) is 0 Å². The standard InChI is InChI=1S/C15H16BrNO2/c1-2-17-14(15-11(16)7-8-18-15)13-9-10-5-3-4-6-12(10)19-13/h3-8,13-14,17H,2,9H2,1H3. The number of para-hydroxylation sites is 1. The largest absolute Gasteiger partial charge is 0.488 e. The highest BCUT2D eigenvalue weighted by atomic mass is 79.9. The quantitative estimate of drug-likeness (QED) is 0.932. The molecule has 2 aromatic rings. The lowest BCUT2D eigenvalue weighted by Gasteiger charge is -2.22. The summed E-state index contributed by atoms with van der Waals surface area (Å²) in [5, 5.41) is 3.45. The molecule has 0 radical (unpaired) electrons. The van der Waals surface area contributed by atoms with Gasteiger partial charge in [-0.3, -0.25) is 0 Å². The number of fused-ring (bicyclic) bond motifs is 1. The first-order valence-corrected chi connectivity index (χ1v) is 7.29. The summed E-state index contributed by atoms with van der Waals surface area (Å²) in [5.74, 6) is 1.89. The average Bonchev–Trinajstić information content (AvgIpc) is 3.02. The predicted octanol–water partition coefficient (Wildman–Crippen LogP) is 3.70. The molecule has 0 saturated carbocycles. The van der Waals surface area contributed by atoms with Gasteiger partial charge in [0.2, 0.25) is 0 Å². The van der Waals surface area contributed by atoms with E-state index >= 15 is 0 Å². The maximum absolute atomic E-state index is 6.06. The first-order chi connectivity index (χ1) is 9.29. The van der Waals surface area contributed by atoms with Gasteiger partial charge >= 0.3 is 0 Å². The second-order valence-electron chi connectivity index (χ2n) is 4.64. The van der Waals surface area contributed by atoms with E-state index < -0.39 is 0 Å². The average molecular weight is 322 g/mol. The Morgan fingerprint density at radius 3 is 2.89 bits per heavy atom. The molecular formula is C15H16BrNO2. The molecule has 4 heteroatoms. The Morgan fingerprint density at radius 2 is 2.21 bits per heavy atom. The van der Waals surface area contributed by atoms with Crippen LogP contribution in [-0.4, -0.2) is 12.6 Å². The molecule has 0 bridgehead atoms.